The molecule has 1 amide bonds. The fourth-order valence-corrected chi connectivity index (χ4v) is 1.26. The number of halogens is 1. The van der Waals surface area contributed by atoms with E-state index in [0.29, 0.717) is 10.7 Å². The second kappa shape index (κ2) is 7.29. The van der Waals surface area contributed by atoms with Gasteiger partial charge in [0.1, 0.15) is 13.0 Å². The first kappa shape index (κ1) is 14.0. The van der Waals surface area contributed by atoms with Crippen LogP contribution in [-0.2, 0) is 9.63 Å². The second-order valence-electron chi connectivity index (χ2n) is 3.22. The average molecular weight is 270 g/mol. The van der Waals surface area contributed by atoms with Crippen LogP contribution in [-0.4, -0.2) is 30.7 Å². The second-order valence-corrected chi connectivity index (χ2v) is 3.66. The summed E-state index contributed by atoms with van der Waals surface area (Å²) >= 11 is 5.72. The number of hydrogen-bond acceptors (Lipinski definition) is 5. The Morgan fingerprint density at radius 3 is 2.67 bits per heavy atom. The van der Waals surface area contributed by atoms with Gasteiger partial charge < -0.3 is 15.4 Å². The van der Waals surface area contributed by atoms with E-state index in [1.807, 2.05) is 0 Å². The molecule has 0 saturated heterocycles. The van der Waals surface area contributed by atoms with Gasteiger partial charge in [-0.3, -0.25) is 4.79 Å². The summed E-state index contributed by atoms with van der Waals surface area (Å²) in [5, 5.41) is 17.9. The molecule has 0 aliphatic rings. The molecule has 1 unspecified atom stereocenters. The van der Waals surface area contributed by atoms with Gasteiger partial charge in [0.15, 0.2) is 0 Å². The predicted octanol–water partition coefficient (Wildman–Crippen LogP) is 1.99. The molecule has 0 aliphatic carbocycles. The van der Waals surface area contributed by atoms with Crippen LogP contribution >= 0.6 is 11.6 Å². The summed E-state index contributed by atoms with van der Waals surface area (Å²) in [4.78, 5) is 16.3. The van der Waals surface area contributed by atoms with Crippen molar-refractivity contribution < 1.29 is 14.8 Å². The predicted molar refractivity (Wildman–Crippen MR) is 69.4 cm³/mol. The number of nitrogens with zero attached hydrogens (tertiary/aromatic N) is 2. The first-order chi connectivity index (χ1) is 8.67. The van der Waals surface area contributed by atoms with Crippen LogP contribution in [0.2, 0.25) is 5.02 Å². The molecule has 0 fully saturated rings. The monoisotopic (exact) mass is 269 g/mol. The lowest BCUT2D eigenvalue weighted by molar-refractivity contribution is -0.116. The Labute approximate surface area is 109 Å². The molecule has 7 heteroatoms. The van der Waals surface area contributed by atoms with E-state index in [-0.39, 0.29) is 0 Å². The minimum absolute atomic E-state index is 0.407. The van der Waals surface area contributed by atoms with Crippen molar-refractivity contribution in [3.05, 3.63) is 29.3 Å². The number of carbonyl (C=O) groups is 1. The normalized spacial score (nSPS) is 12.8. The topological polar surface area (TPSA) is 83.3 Å². The summed E-state index contributed by atoms with van der Waals surface area (Å²) in [5.41, 5.74) is 0.576. The van der Waals surface area contributed by atoms with Crippen molar-refractivity contribution in [3.63, 3.8) is 0 Å². The van der Waals surface area contributed by atoms with Gasteiger partial charge in [0, 0.05) is 10.7 Å². The molecule has 1 aromatic rings. The van der Waals surface area contributed by atoms with E-state index in [0.717, 1.165) is 6.21 Å². The highest BCUT2D eigenvalue weighted by Gasteiger charge is 2.14. The molecule has 0 spiro atoms. The Hall–Kier alpha value is -2.08. The van der Waals surface area contributed by atoms with Gasteiger partial charge in [0.05, 0.1) is 12.4 Å². The zero-order valence-electron chi connectivity index (χ0n) is 9.58. The fraction of sp³-hybridized carbons (Fsp3) is 0.182. The summed E-state index contributed by atoms with van der Waals surface area (Å²) < 4.78 is 0. The molecule has 0 aromatic heterocycles. The SMILES string of the molecule is CO/N=C/C(/C=N/O)C(=O)Nc1ccc(Cl)cc1. The number of amides is 1. The number of nitrogens with one attached hydrogen (secondary N) is 1. The van der Waals surface area contributed by atoms with Crippen molar-refractivity contribution in [2.75, 3.05) is 12.4 Å². The lowest BCUT2D eigenvalue weighted by atomic mass is 10.1. The van der Waals surface area contributed by atoms with Crippen molar-refractivity contribution in [2.45, 2.75) is 0 Å². The number of hydrogen-bond donors (Lipinski definition) is 2. The van der Waals surface area contributed by atoms with Crippen molar-refractivity contribution in [2.24, 2.45) is 16.2 Å². The summed E-state index contributed by atoms with van der Waals surface area (Å²) in [7, 11) is 1.35. The summed E-state index contributed by atoms with van der Waals surface area (Å²) in [5.74, 6) is -1.23. The fourth-order valence-electron chi connectivity index (χ4n) is 1.13. The third kappa shape index (κ3) is 4.42. The van der Waals surface area contributed by atoms with Gasteiger partial charge >= 0.3 is 0 Å². The molecular formula is C11H12ClN3O3. The quantitative estimate of drug-likeness (QED) is 0.487. The minimum Gasteiger partial charge on any atom is -0.411 e. The standard InChI is InChI=1S/C11H12ClN3O3/c1-18-14-7-8(6-13-17)11(16)15-10-4-2-9(12)3-5-10/h2-8,17H,1H3,(H,15,16)/b13-6+,14-7+. The molecule has 0 bridgehead atoms. The number of rotatable bonds is 5. The summed E-state index contributed by atoms with van der Waals surface area (Å²) in [6.45, 7) is 0. The van der Waals surface area contributed by atoms with Crippen molar-refractivity contribution >= 4 is 35.6 Å². The number of oxime groups is 2. The summed E-state index contributed by atoms with van der Waals surface area (Å²) in [6.07, 6.45) is 2.25. The number of benzene rings is 1. The van der Waals surface area contributed by atoms with Crippen LogP contribution in [0.15, 0.2) is 34.6 Å². The number of carbonyl (C=O) groups excluding carboxylic acids is 1. The van der Waals surface area contributed by atoms with E-state index in [4.69, 9.17) is 16.8 Å². The molecule has 0 heterocycles. The highest BCUT2D eigenvalue weighted by atomic mass is 35.5. The van der Waals surface area contributed by atoms with E-state index in [1.165, 1.54) is 13.3 Å². The van der Waals surface area contributed by atoms with Gasteiger partial charge in [0.25, 0.3) is 0 Å². The average Bonchev–Trinajstić information content (AvgIpc) is 2.37. The Bertz CT molecular complexity index is 445. The van der Waals surface area contributed by atoms with Crippen LogP contribution in [0.1, 0.15) is 0 Å². The van der Waals surface area contributed by atoms with Crippen LogP contribution in [0.3, 0.4) is 0 Å². The third-order valence-electron chi connectivity index (χ3n) is 1.97. The van der Waals surface area contributed by atoms with Crippen LogP contribution in [0.25, 0.3) is 0 Å². The van der Waals surface area contributed by atoms with Crippen LogP contribution in [0.5, 0.6) is 0 Å². The first-order valence-corrected chi connectivity index (χ1v) is 5.36. The van der Waals surface area contributed by atoms with Gasteiger partial charge in [0.2, 0.25) is 5.91 Å². The number of anilines is 1. The van der Waals surface area contributed by atoms with Gasteiger partial charge in [-0.25, -0.2) is 0 Å². The van der Waals surface area contributed by atoms with E-state index in [9.17, 15) is 4.79 Å². The molecule has 6 nitrogen and oxygen atoms in total. The van der Waals surface area contributed by atoms with E-state index < -0.39 is 11.8 Å². The van der Waals surface area contributed by atoms with Crippen LogP contribution < -0.4 is 5.32 Å². The Kier molecular flexibility index (Phi) is 5.66. The molecule has 96 valence electrons. The smallest absolute Gasteiger partial charge is 0.238 e. The maximum atomic E-state index is 11.8. The zero-order valence-corrected chi connectivity index (χ0v) is 10.3. The third-order valence-corrected chi connectivity index (χ3v) is 2.22. The van der Waals surface area contributed by atoms with Gasteiger partial charge in [-0.2, -0.15) is 0 Å². The molecule has 1 aromatic carbocycles. The molecule has 2 N–H and O–H groups in total. The molecule has 1 rings (SSSR count). The molecule has 0 radical (unpaired) electrons. The lowest BCUT2D eigenvalue weighted by Crippen LogP contribution is -2.25. The Morgan fingerprint density at radius 1 is 1.44 bits per heavy atom. The lowest BCUT2D eigenvalue weighted by Gasteiger charge is -2.07. The molecular weight excluding hydrogens is 258 g/mol. The molecule has 0 aliphatic heterocycles. The van der Waals surface area contributed by atoms with Crippen LogP contribution in [0.4, 0.5) is 5.69 Å². The van der Waals surface area contributed by atoms with E-state index in [2.05, 4.69) is 20.5 Å². The largest absolute Gasteiger partial charge is 0.411 e. The van der Waals surface area contributed by atoms with Crippen LogP contribution in [0, 0.1) is 5.92 Å². The molecule has 0 saturated carbocycles. The Morgan fingerprint density at radius 2 is 2.11 bits per heavy atom. The van der Waals surface area contributed by atoms with Crippen molar-refractivity contribution in [1.29, 1.82) is 0 Å². The Balaban J connectivity index is 2.72. The van der Waals surface area contributed by atoms with Crippen molar-refractivity contribution in [3.8, 4) is 0 Å². The van der Waals surface area contributed by atoms with Gasteiger partial charge in [-0.1, -0.05) is 16.8 Å². The van der Waals surface area contributed by atoms with Gasteiger partial charge in [-0.15, -0.1) is 5.16 Å². The first-order valence-electron chi connectivity index (χ1n) is 4.98. The van der Waals surface area contributed by atoms with E-state index in [1.54, 1.807) is 24.3 Å². The minimum atomic E-state index is -0.828. The molecule has 1 atom stereocenters. The zero-order chi connectivity index (χ0) is 13.4. The van der Waals surface area contributed by atoms with Crippen molar-refractivity contribution in [1.82, 2.24) is 0 Å². The highest BCUT2D eigenvalue weighted by Crippen LogP contribution is 2.13. The maximum absolute atomic E-state index is 11.8. The highest BCUT2D eigenvalue weighted by molar-refractivity contribution is 6.30. The molecule has 18 heavy (non-hydrogen) atoms. The maximum Gasteiger partial charge on any atom is 0.238 e. The van der Waals surface area contributed by atoms with E-state index >= 15 is 0 Å². The van der Waals surface area contributed by atoms with Gasteiger partial charge in [-0.05, 0) is 24.3 Å². The summed E-state index contributed by atoms with van der Waals surface area (Å²) in [6, 6.07) is 6.60.